The molecular weight excluding hydrogens is 166 g/mol. The van der Waals surface area contributed by atoms with Crippen LogP contribution in [0.2, 0.25) is 0 Å². The molecule has 10 heavy (non-hydrogen) atoms. The number of thiol groups is 1. The lowest BCUT2D eigenvalue weighted by Crippen LogP contribution is -1.83. The highest BCUT2D eigenvalue weighted by Crippen LogP contribution is 2.13. The fraction of sp³-hybridized carbons (Fsp3) is 0.143. The van der Waals surface area contributed by atoms with Crippen molar-refractivity contribution in [1.29, 1.82) is 0 Å². The van der Waals surface area contributed by atoms with Crippen LogP contribution in [0.3, 0.4) is 0 Å². The summed E-state index contributed by atoms with van der Waals surface area (Å²) in [6, 6.07) is 7.47. The van der Waals surface area contributed by atoms with Crippen molar-refractivity contribution in [2.24, 2.45) is 0 Å². The third-order valence-corrected chi connectivity index (χ3v) is 1.34. The third-order valence-electron chi connectivity index (χ3n) is 0.937. The molecule has 58 valence electrons. The van der Waals surface area contributed by atoms with Gasteiger partial charge in [-0.2, -0.15) is 0 Å². The number of hydrogen-bond donors (Lipinski definition) is 2. The molecule has 1 aromatic carbocycles. The number of rotatable bonds is 0. The molecule has 1 nitrogen and oxygen atoms in total. The number of para-hydroxylation sites is 1. The van der Waals surface area contributed by atoms with Gasteiger partial charge in [0, 0.05) is 10.6 Å². The van der Waals surface area contributed by atoms with Gasteiger partial charge in [0.15, 0.2) is 0 Å². The molecule has 0 aliphatic carbocycles. The van der Waals surface area contributed by atoms with Crippen LogP contribution in [0, 0.1) is 0 Å². The van der Waals surface area contributed by atoms with E-state index in [0.717, 1.165) is 10.6 Å². The molecule has 0 heterocycles. The summed E-state index contributed by atoms with van der Waals surface area (Å²) in [5, 5.41) is 0. The van der Waals surface area contributed by atoms with E-state index in [0.29, 0.717) is 0 Å². The van der Waals surface area contributed by atoms with E-state index in [2.05, 4.69) is 12.6 Å². The van der Waals surface area contributed by atoms with Crippen LogP contribution in [0.1, 0.15) is 7.43 Å². The quantitative estimate of drug-likeness (QED) is 0.463. The Bertz CT molecular complexity index is 170. The van der Waals surface area contributed by atoms with Crippen LogP contribution in [0.4, 0.5) is 5.69 Å². The van der Waals surface area contributed by atoms with Gasteiger partial charge in [-0.1, -0.05) is 19.6 Å². The van der Waals surface area contributed by atoms with Crippen molar-refractivity contribution in [3.8, 4) is 0 Å². The molecule has 0 aliphatic rings. The SMILES string of the molecule is C.Cl.Nc1ccccc1S. The maximum absolute atomic E-state index is 5.44. The van der Waals surface area contributed by atoms with Crippen LogP contribution < -0.4 is 5.73 Å². The molecule has 1 aromatic rings. The van der Waals surface area contributed by atoms with Crippen molar-refractivity contribution >= 4 is 30.7 Å². The summed E-state index contributed by atoms with van der Waals surface area (Å²) in [6.45, 7) is 0. The molecule has 0 amide bonds. The maximum Gasteiger partial charge on any atom is 0.0449 e. The topological polar surface area (TPSA) is 26.0 Å². The van der Waals surface area contributed by atoms with E-state index in [1.807, 2.05) is 24.3 Å². The first-order valence-electron chi connectivity index (χ1n) is 2.34. The second kappa shape index (κ2) is 5.45. The van der Waals surface area contributed by atoms with Crippen LogP contribution in [-0.2, 0) is 0 Å². The number of nitrogens with two attached hydrogens (primary N) is 1. The molecule has 0 spiro atoms. The maximum atomic E-state index is 5.44. The molecule has 0 bridgehead atoms. The zero-order valence-corrected chi connectivity index (χ0v) is 6.45. The Morgan fingerprint density at radius 3 is 2.00 bits per heavy atom. The standard InChI is InChI=1S/C6H7NS.CH4.ClH/c7-5-3-1-2-4-6(5)8;;/h1-4,8H,7H2;1H4;1H. The van der Waals surface area contributed by atoms with Crippen molar-refractivity contribution in [3.05, 3.63) is 24.3 Å². The van der Waals surface area contributed by atoms with Gasteiger partial charge in [-0.05, 0) is 12.1 Å². The molecule has 0 saturated carbocycles. The monoisotopic (exact) mass is 177 g/mol. The Morgan fingerprint density at radius 1 is 1.20 bits per heavy atom. The van der Waals surface area contributed by atoms with Crippen LogP contribution in [0.15, 0.2) is 29.2 Å². The number of hydrogen-bond acceptors (Lipinski definition) is 2. The molecule has 0 saturated heterocycles. The van der Waals surface area contributed by atoms with Crippen molar-refractivity contribution in [2.45, 2.75) is 12.3 Å². The predicted molar refractivity (Wildman–Crippen MR) is 52.1 cm³/mol. The predicted octanol–water partition coefficient (Wildman–Crippen LogP) is 2.62. The molecule has 1 rings (SSSR count). The summed E-state index contributed by atoms with van der Waals surface area (Å²) in [6.07, 6.45) is 0. The van der Waals surface area contributed by atoms with Crippen molar-refractivity contribution < 1.29 is 0 Å². The Morgan fingerprint density at radius 2 is 1.70 bits per heavy atom. The van der Waals surface area contributed by atoms with E-state index in [-0.39, 0.29) is 19.8 Å². The first-order chi connectivity index (χ1) is 3.80. The number of anilines is 1. The molecule has 3 heteroatoms. The summed E-state index contributed by atoms with van der Waals surface area (Å²) >= 11 is 4.07. The second-order valence-electron chi connectivity index (χ2n) is 1.56. The molecule has 0 fully saturated rings. The summed E-state index contributed by atoms with van der Waals surface area (Å²) in [5.41, 5.74) is 6.18. The Hall–Kier alpha value is -0.340. The van der Waals surface area contributed by atoms with Crippen LogP contribution >= 0.6 is 25.0 Å². The van der Waals surface area contributed by atoms with E-state index in [1.165, 1.54) is 0 Å². The largest absolute Gasteiger partial charge is 0.398 e. The minimum atomic E-state index is 0. The molecule has 0 atom stereocenters. The van der Waals surface area contributed by atoms with Gasteiger partial charge >= 0.3 is 0 Å². The van der Waals surface area contributed by atoms with Crippen molar-refractivity contribution in [2.75, 3.05) is 5.73 Å². The van der Waals surface area contributed by atoms with E-state index in [4.69, 9.17) is 5.73 Å². The summed E-state index contributed by atoms with van der Waals surface area (Å²) in [4.78, 5) is 0.840. The van der Waals surface area contributed by atoms with E-state index in [1.54, 1.807) is 0 Å². The Balaban J connectivity index is 0. The lowest BCUT2D eigenvalue weighted by molar-refractivity contribution is 1.48. The molecule has 2 N–H and O–H groups in total. The average Bonchev–Trinajstić information content (AvgIpc) is 1.77. The van der Waals surface area contributed by atoms with Gasteiger partial charge in [0.05, 0.1) is 0 Å². The minimum Gasteiger partial charge on any atom is -0.398 e. The highest BCUT2D eigenvalue weighted by Gasteiger charge is 1.85. The smallest absolute Gasteiger partial charge is 0.0449 e. The van der Waals surface area contributed by atoms with Crippen LogP contribution in [0.25, 0.3) is 0 Å². The lowest BCUT2D eigenvalue weighted by Gasteiger charge is -1.92. The number of halogens is 1. The molecule has 0 aliphatic heterocycles. The van der Waals surface area contributed by atoms with Crippen LogP contribution in [-0.4, -0.2) is 0 Å². The minimum absolute atomic E-state index is 0. The van der Waals surface area contributed by atoms with Gasteiger partial charge in [-0.3, -0.25) is 0 Å². The fourth-order valence-corrected chi connectivity index (χ4v) is 0.648. The molecule has 0 unspecified atom stereocenters. The lowest BCUT2D eigenvalue weighted by atomic mass is 10.3. The van der Waals surface area contributed by atoms with E-state index in [9.17, 15) is 0 Å². The van der Waals surface area contributed by atoms with E-state index < -0.39 is 0 Å². The Labute approximate surface area is 73.5 Å². The van der Waals surface area contributed by atoms with Gasteiger partial charge in [0.1, 0.15) is 0 Å². The first-order valence-corrected chi connectivity index (χ1v) is 2.79. The van der Waals surface area contributed by atoms with Gasteiger partial charge in [0.25, 0.3) is 0 Å². The highest BCUT2D eigenvalue weighted by molar-refractivity contribution is 7.80. The van der Waals surface area contributed by atoms with Gasteiger partial charge < -0.3 is 5.73 Å². The molecule has 0 radical (unpaired) electrons. The van der Waals surface area contributed by atoms with Crippen molar-refractivity contribution in [1.82, 2.24) is 0 Å². The second-order valence-corrected chi connectivity index (χ2v) is 2.04. The van der Waals surface area contributed by atoms with Crippen LogP contribution in [0.5, 0.6) is 0 Å². The zero-order chi connectivity index (χ0) is 5.98. The summed E-state index contributed by atoms with van der Waals surface area (Å²) in [7, 11) is 0. The average molecular weight is 178 g/mol. The summed E-state index contributed by atoms with van der Waals surface area (Å²) in [5.74, 6) is 0. The molecule has 0 aromatic heterocycles. The fourth-order valence-electron chi connectivity index (χ4n) is 0.488. The van der Waals surface area contributed by atoms with E-state index >= 15 is 0 Å². The number of benzene rings is 1. The zero-order valence-electron chi connectivity index (χ0n) is 4.74. The normalized spacial score (nSPS) is 7.30. The molecular formula is C7H12ClNS. The van der Waals surface area contributed by atoms with Gasteiger partial charge in [0.2, 0.25) is 0 Å². The highest BCUT2D eigenvalue weighted by atomic mass is 35.5. The van der Waals surface area contributed by atoms with Gasteiger partial charge in [-0.15, -0.1) is 25.0 Å². The first kappa shape index (κ1) is 12.3. The summed E-state index contributed by atoms with van der Waals surface area (Å²) < 4.78 is 0. The Kier molecular flexibility index (Phi) is 6.72. The van der Waals surface area contributed by atoms with Gasteiger partial charge in [-0.25, -0.2) is 0 Å². The third kappa shape index (κ3) is 2.99. The van der Waals surface area contributed by atoms with Crippen molar-refractivity contribution in [3.63, 3.8) is 0 Å². The number of nitrogen functional groups attached to an aromatic ring is 1.